The van der Waals surface area contributed by atoms with Crippen molar-refractivity contribution in [1.29, 1.82) is 0 Å². The van der Waals surface area contributed by atoms with Crippen molar-refractivity contribution in [3.8, 4) is 5.75 Å². The van der Waals surface area contributed by atoms with E-state index in [1.807, 2.05) is 0 Å². The summed E-state index contributed by atoms with van der Waals surface area (Å²) in [5.41, 5.74) is 3.22. The fourth-order valence-corrected chi connectivity index (χ4v) is 3.98. The molecule has 2 N–H and O–H groups in total. The van der Waals surface area contributed by atoms with E-state index in [4.69, 9.17) is 19.9 Å². The standard InChI is InChI=1S/C23H26F3NO5/c1-5-22(20(28)31-3,21(29)32-4)18(14-9-11-15(30-2)12-10-14)13-16-17(23(24,25)26)7-6-8-19(16)27/h6-12,18H,5,13,27H2,1-4H3. The van der Waals surface area contributed by atoms with Crippen molar-refractivity contribution in [2.45, 2.75) is 31.9 Å². The van der Waals surface area contributed by atoms with Gasteiger partial charge >= 0.3 is 18.1 Å². The SMILES string of the molecule is CCC(C(=O)OC)(C(=O)OC)C(Cc1c(N)cccc1C(F)(F)F)c1ccc(OC)cc1. The molecule has 0 saturated heterocycles. The molecule has 174 valence electrons. The molecule has 1 unspecified atom stereocenters. The van der Waals surface area contributed by atoms with E-state index in [9.17, 15) is 22.8 Å². The van der Waals surface area contributed by atoms with Gasteiger partial charge in [0.1, 0.15) is 5.75 Å². The van der Waals surface area contributed by atoms with E-state index in [0.29, 0.717) is 11.3 Å². The van der Waals surface area contributed by atoms with E-state index in [2.05, 4.69) is 0 Å². The molecule has 1 atom stereocenters. The summed E-state index contributed by atoms with van der Waals surface area (Å²) >= 11 is 0. The highest BCUT2D eigenvalue weighted by Crippen LogP contribution is 2.46. The van der Waals surface area contributed by atoms with Gasteiger partial charge in [-0.15, -0.1) is 0 Å². The molecule has 0 aliphatic carbocycles. The van der Waals surface area contributed by atoms with Crippen molar-refractivity contribution < 1.29 is 37.0 Å². The third kappa shape index (κ3) is 4.66. The lowest BCUT2D eigenvalue weighted by Crippen LogP contribution is -2.46. The number of ether oxygens (including phenoxy) is 3. The molecule has 0 aromatic heterocycles. The minimum atomic E-state index is -4.68. The van der Waals surface area contributed by atoms with Crippen LogP contribution in [0.5, 0.6) is 5.75 Å². The number of methoxy groups -OCH3 is 3. The Morgan fingerprint density at radius 1 is 0.969 bits per heavy atom. The van der Waals surface area contributed by atoms with Crippen LogP contribution in [0.25, 0.3) is 0 Å². The third-order valence-electron chi connectivity index (χ3n) is 5.70. The molecular formula is C23H26F3NO5. The summed E-state index contributed by atoms with van der Waals surface area (Å²) < 4.78 is 56.3. The number of carbonyl (C=O) groups is 2. The van der Waals surface area contributed by atoms with Crippen molar-refractivity contribution in [1.82, 2.24) is 0 Å². The van der Waals surface area contributed by atoms with Crippen LogP contribution < -0.4 is 10.5 Å². The Kier molecular flexibility index (Phi) is 7.77. The number of benzene rings is 2. The maximum absolute atomic E-state index is 13.8. The highest BCUT2D eigenvalue weighted by atomic mass is 19.4. The van der Waals surface area contributed by atoms with Crippen LogP contribution in [0, 0.1) is 5.41 Å². The fourth-order valence-electron chi connectivity index (χ4n) is 3.98. The van der Waals surface area contributed by atoms with Crippen molar-refractivity contribution in [2.75, 3.05) is 27.1 Å². The minimum absolute atomic E-state index is 0.0723. The summed E-state index contributed by atoms with van der Waals surface area (Å²) in [5.74, 6) is -2.38. The second kappa shape index (κ2) is 9.93. The maximum atomic E-state index is 13.8. The van der Waals surface area contributed by atoms with Gasteiger partial charge in [-0.25, -0.2) is 0 Å². The molecule has 0 heterocycles. The number of rotatable bonds is 8. The summed E-state index contributed by atoms with van der Waals surface area (Å²) in [6.07, 6.45) is -5.11. The molecular weight excluding hydrogens is 427 g/mol. The highest BCUT2D eigenvalue weighted by Gasteiger charge is 2.54. The molecule has 9 heteroatoms. The fraction of sp³-hybridized carbons (Fsp3) is 0.391. The molecule has 32 heavy (non-hydrogen) atoms. The van der Waals surface area contributed by atoms with Gasteiger partial charge in [0, 0.05) is 11.6 Å². The van der Waals surface area contributed by atoms with E-state index >= 15 is 0 Å². The van der Waals surface area contributed by atoms with Gasteiger partial charge in [-0.05, 0) is 48.2 Å². The number of hydrogen-bond acceptors (Lipinski definition) is 6. The van der Waals surface area contributed by atoms with Crippen LogP contribution in [0.4, 0.5) is 18.9 Å². The van der Waals surface area contributed by atoms with Crippen molar-refractivity contribution in [3.63, 3.8) is 0 Å². The number of carbonyl (C=O) groups excluding carboxylic acids is 2. The van der Waals surface area contributed by atoms with E-state index < -0.39 is 35.0 Å². The van der Waals surface area contributed by atoms with Gasteiger partial charge in [-0.3, -0.25) is 9.59 Å². The van der Waals surface area contributed by atoms with Gasteiger partial charge in [0.2, 0.25) is 0 Å². The monoisotopic (exact) mass is 453 g/mol. The first-order valence-corrected chi connectivity index (χ1v) is 9.82. The average molecular weight is 453 g/mol. The second-order valence-corrected chi connectivity index (χ2v) is 7.21. The molecule has 0 spiro atoms. The smallest absolute Gasteiger partial charge is 0.416 e. The lowest BCUT2D eigenvalue weighted by Gasteiger charge is -2.36. The minimum Gasteiger partial charge on any atom is -0.497 e. The number of nitrogens with two attached hydrogens (primary N) is 1. The van der Waals surface area contributed by atoms with E-state index in [0.717, 1.165) is 20.3 Å². The largest absolute Gasteiger partial charge is 0.497 e. The van der Waals surface area contributed by atoms with Gasteiger partial charge in [-0.1, -0.05) is 25.1 Å². The van der Waals surface area contributed by atoms with Crippen LogP contribution in [0.3, 0.4) is 0 Å². The molecule has 0 fully saturated rings. The first-order chi connectivity index (χ1) is 15.1. The Morgan fingerprint density at radius 3 is 1.97 bits per heavy atom. The Morgan fingerprint density at radius 2 is 1.53 bits per heavy atom. The predicted molar refractivity (Wildman–Crippen MR) is 112 cm³/mol. The van der Waals surface area contributed by atoms with Crippen molar-refractivity contribution in [2.24, 2.45) is 5.41 Å². The normalized spacial score (nSPS) is 12.7. The first-order valence-electron chi connectivity index (χ1n) is 9.82. The average Bonchev–Trinajstić information content (AvgIpc) is 2.78. The topological polar surface area (TPSA) is 87.9 Å². The molecule has 2 aromatic rings. The van der Waals surface area contributed by atoms with Gasteiger partial charge < -0.3 is 19.9 Å². The lowest BCUT2D eigenvalue weighted by atomic mass is 9.67. The Hall–Kier alpha value is -3.23. The number of alkyl halides is 3. The molecule has 0 amide bonds. The van der Waals surface area contributed by atoms with Crippen LogP contribution in [-0.4, -0.2) is 33.3 Å². The second-order valence-electron chi connectivity index (χ2n) is 7.21. The van der Waals surface area contributed by atoms with Gasteiger partial charge in [0.15, 0.2) is 5.41 Å². The predicted octanol–water partition coefficient (Wildman–Crippen LogP) is 4.36. The molecule has 2 rings (SSSR count). The van der Waals surface area contributed by atoms with Gasteiger partial charge in [0.05, 0.1) is 26.9 Å². The van der Waals surface area contributed by atoms with Crippen LogP contribution in [0.1, 0.15) is 36.0 Å². The van der Waals surface area contributed by atoms with Crippen molar-refractivity contribution >= 4 is 17.6 Å². The summed E-state index contributed by atoms with van der Waals surface area (Å²) in [4.78, 5) is 25.9. The van der Waals surface area contributed by atoms with E-state index in [-0.39, 0.29) is 24.1 Å². The number of halogens is 3. The summed E-state index contributed by atoms with van der Waals surface area (Å²) in [5, 5.41) is 0. The number of hydrogen-bond donors (Lipinski definition) is 1. The Balaban J connectivity index is 2.81. The lowest BCUT2D eigenvalue weighted by molar-refractivity contribution is -0.171. The maximum Gasteiger partial charge on any atom is 0.416 e. The summed E-state index contributed by atoms with van der Waals surface area (Å²) in [6.45, 7) is 1.57. The quantitative estimate of drug-likeness (QED) is 0.363. The van der Waals surface area contributed by atoms with Crippen LogP contribution >= 0.6 is 0 Å². The first kappa shape index (κ1) is 25.0. The zero-order chi connectivity index (χ0) is 24.1. The van der Waals surface area contributed by atoms with Crippen LogP contribution in [0.15, 0.2) is 42.5 Å². The molecule has 0 aliphatic rings. The number of anilines is 1. The van der Waals surface area contributed by atoms with E-state index in [1.54, 1.807) is 31.2 Å². The summed E-state index contributed by atoms with van der Waals surface area (Å²) in [6, 6.07) is 9.84. The molecule has 0 saturated carbocycles. The number of esters is 2. The molecule has 6 nitrogen and oxygen atoms in total. The Bertz CT molecular complexity index is 941. The van der Waals surface area contributed by atoms with Gasteiger partial charge in [0.25, 0.3) is 0 Å². The zero-order valence-electron chi connectivity index (χ0n) is 18.3. The van der Waals surface area contributed by atoms with Crippen LogP contribution in [-0.2, 0) is 31.7 Å². The zero-order valence-corrected chi connectivity index (χ0v) is 18.3. The highest BCUT2D eigenvalue weighted by molar-refractivity contribution is 6.01. The van der Waals surface area contributed by atoms with Crippen LogP contribution in [0.2, 0.25) is 0 Å². The third-order valence-corrected chi connectivity index (χ3v) is 5.70. The Labute approximate surface area is 184 Å². The molecule has 2 aromatic carbocycles. The molecule has 0 bridgehead atoms. The molecule has 0 radical (unpaired) electrons. The van der Waals surface area contributed by atoms with E-state index in [1.165, 1.54) is 19.2 Å². The molecule has 0 aliphatic heterocycles. The van der Waals surface area contributed by atoms with Crippen molar-refractivity contribution in [3.05, 3.63) is 59.2 Å². The summed E-state index contributed by atoms with van der Waals surface area (Å²) in [7, 11) is 3.68. The number of nitrogen functional groups attached to an aromatic ring is 1. The van der Waals surface area contributed by atoms with Gasteiger partial charge in [-0.2, -0.15) is 13.2 Å².